The summed E-state index contributed by atoms with van der Waals surface area (Å²) in [5.74, 6) is 1.11. The number of benzene rings is 2. The number of carbonyl (C=O) groups excluding carboxylic acids is 1. The van der Waals surface area contributed by atoms with Crippen LogP contribution in [0.15, 0.2) is 42.5 Å². The van der Waals surface area contributed by atoms with Crippen LogP contribution in [0.5, 0.6) is 17.2 Å². The van der Waals surface area contributed by atoms with E-state index in [2.05, 4.69) is 0 Å². The number of hydrogen-bond donors (Lipinski definition) is 1. The van der Waals surface area contributed by atoms with Gasteiger partial charge in [-0.15, -0.1) is 0 Å². The lowest BCUT2D eigenvalue weighted by Crippen LogP contribution is -2.24. The molecule has 2 atom stereocenters. The Morgan fingerprint density at radius 2 is 2.04 bits per heavy atom. The lowest BCUT2D eigenvalue weighted by Gasteiger charge is -2.31. The van der Waals surface area contributed by atoms with Gasteiger partial charge in [0.25, 0.3) is 0 Å². The molecule has 3 rings (SSSR count). The first-order valence-corrected chi connectivity index (χ1v) is 7.35. The van der Waals surface area contributed by atoms with E-state index >= 15 is 0 Å². The summed E-state index contributed by atoms with van der Waals surface area (Å²) in [6, 6.07) is 12.6. The van der Waals surface area contributed by atoms with Crippen LogP contribution in [-0.2, 0) is 4.79 Å². The maximum absolute atomic E-state index is 11.0. The maximum atomic E-state index is 11.0. The molecule has 0 spiro atoms. The fourth-order valence-corrected chi connectivity index (χ4v) is 2.75. The predicted octanol–water partition coefficient (Wildman–Crippen LogP) is 2.83. The summed E-state index contributed by atoms with van der Waals surface area (Å²) in [5.41, 5.74) is 1.63. The molecule has 2 aromatic carbocycles. The van der Waals surface area contributed by atoms with Gasteiger partial charge in [0.15, 0.2) is 0 Å². The number of fused-ring (bicyclic) bond motifs is 1. The van der Waals surface area contributed by atoms with E-state index in [1.807, 2.05) is 24.3 Å². The lowest BCUT2D eigenvalue weighted by atomic mass is 9.87. The smallest absolute Gasteiger partial charge is 0.308 e. The number of hydrogen-bond acceptors (Lipinski definition) is 5. The van der Waals surface area contributed by atoms with Gasteiger partial charge in [-0.25, -0.2) is 0 Å². The van der Waals surface area contributed by atoms with Crippen molar-refractivity contribution in [2.75, 3.05) is 13.7 Å². The minimum absolute atomic E-state index is 0.183. The second kappa shape index (κ2) is 6.30. The van der Waals surface area contributed by atoms with E-state index in [1.165, 1.54) is 6.92 Å². The van der Waals surface area contributed by atoms with Crippen molar-refractivity contribution in [2.45, 2.75) is 18.9 Å². The van der Waals surface area contributed by atoms with E-state index in [-0.39, 0.29) is 5.92 Å². The summed E-state index contributed by atoms with van der Waals surface area (Å²) in [4.78, 5) is 11.0. The molecule has 1 aliphatic heterocycles. The van der Waals surface area contributed by atoms with E-state index in [0.717, 1.165) is 11.3 Å². The Balaban J connectivity index is 1.88. The van der Waals surface area contributed by atoms with Gasteiger partial charge in [0.1, 0.15) is 17.2 Å². The third-order valence-electron chi connectivity index (χ3n) is 3.89. The molecule has 0 radical (unpaired) electrons. The molecule has 23 heavy (non-hydrogen) atoms. The molecule has 0 aromatic heterocycles. The van der Waals surface area contributed by atoms with Gasteiger partial charge in [-0.05, 0) is 29.8 Å². The number of aliphatic hydroxyl groups excluding tert-OH is 1. The van der Waals surface area contributed by atoms with Crippen molar-refractivity contribution >= 4 is 5.97 Å². The highest BCUT2D eigenvalue weighted by Gasteiger charge is 2.31. The Bertz CT molecular complexity index is 725. The minimum Gasteiger partial charge on any atom is -0.497 e. The third-order valence-corrected chi connectivity index (χ3v) is 3.89. The molecule has 1 heterocycles. The number of aliphatic hydroxyl groups is 1. The summed E-state index contributed by atoms with van der Waals surface area (Å²) < 4.78 is 16.0. The highest BCUT2D eigenvalue weighted by Crippen LogP contribution is 2.42. The number of methoxy groups -OCH3 is 1. The predicted molar refractivity (Wildman–Crippen MR) is 83.9 cm³/mol. The van der Waals surface area contributed by atoms with Gasteiger partial charge in [-0.2, -0.15) is 0 Å². The zero-order valence-electron chi connectivity index (χ0n) is 13.0. The second-order valence-electron chi connectivity index (χ2n) is 5.43. The van der Waals surface area contributed by atoms with E-state index in [0.29, 0.717) is 23.7 Å². The molecular weight excluding hydrogens is 296 g/mol. The van der Waals surface area contributed by atoms with Gasteiger partial charge < -0.3 is 19.3 Å². The lowest BCUT2D eigenvalue weighted by molar-refractivity contribution is -0.131. The molecular formula is C18H18O5. The molecule has 2 aromatic rings. The fourth-order valence-electron chi connectivity index (χ4n) is 2.75. The molecule has 1 aliphatic rings. The number of ether oxygens (including phenoxy) is 3. The molecule has 0 saturated heterocycles. The fraction of sp³-hybridized carbons (Fsp3) is 0.278. The Hall–Kier alpha value is -2.53. The molecule has 1 N–H and O–H groups in total. The van der Waals surface area contributed by atoms with Crippen LogP contribution in [0.3, 0.4) is 0 Å². The molecule has 5 nitrogen and oxygen atoms in total. The minimum atomic E-state index is -0.697. The number of carbonyl (C=O) groups is 1. The molecule has 120 valence electrons. The zero-order chi connectivity index (χ0) is 16.4. The summed E-state index contributed by atoms with van der Waals surface area (Å²) in [6.07, 6.45) is -0.697. The first-order chi connectivity index (χ1) is 11.1. The SMILES string of the molecule is COc1cccc([C@H]2COc3cc(OC(C)=O)ccc3[C@H]2O)c1. The average Bonchev–Trinajstić information content (AvgIpc) is 2.54. The number of esters is 1. The first-order valence-electron chi connectivity index (χ1n) is 7.35. The van der Waals surface area contributed by atoms with Crippen molar-refractivity contribution in [3.05, 3.63) is 53.6 Å². The molecule has 5 heteroatoms. The van der Waals surface area contributed by atoms with E-state index < -0.39 is 12.1 Å². The van der Waals surface area contributed by atoms with Gasteiger partial charge in [-0.1, -0.05) is 12.1 Å². The monoisotopic (exact) mass is 314 g/mol. The highest BCUT2D eigenvalue weighted by molar-refractivity contribution is 5.69. The van der Waals surface area contributed by atoms with Crippen LogP contribution in [0.25, 0.3) is 0 Å². The van der Waals surface area contributed by atoms with E-state index in [4.69, 9.17) is 14.2 Å². The van der Waals surface area contributed by atoms with Crippen LogP contribution >= 0.6 is 0 Å². The van der Waals surface area contributed by atoms with Crippen molar-refractivity contribution < 1.29 is 24.1 Å². The van der Waals surface area contributed by atoms with Crippen molar-refractivity contribution in [3.63, 3.8) is 0 Å². The topological polar surface area (TPSA) is 65.0 Å². The van der Waals surface area contributed by atoms with Crippen molar-refractivity contribution in [1.82, 2.24) is 0 Å². The summed E-state index contributed by atoms with van der Waals surface area (Å²) >= 11 is 0. The third kappa shape index (κ3) is 3.14. The Kier molecular flexibility index (Phi) is 4.21. The molecule has 0 unspecified atom stereocenters. The van der Waals surface area contributed by atoms with Crippen LogP contribution in [0.1, 0.15) is 30.1 Å². The van der Waals surface area contributed by atoms with Crippen LogP contribution in [0.4, 0.5) is 0 Å². The van der Waals surface area contributed by atoms with E-state index in [1.54, 1.807) is 25.3 Å². The molecule has 0 bridgehead atoms. The second-order valence-corrected chi connectivity index (χ2v) is 5.43. The van der Waals surface area contributed by atoms with Crippen molar-refractivity contribution in [1.29, 1.82) is 0 Å². The maximum Gasteiger partial charge on any atom is 0.308 e. The summed E-state index contributed by atoms with van der Waals surface area (Å²) in [6.45, 7) is 1.68. The van der Waals surface area contributed by atoms with Gasteiger partial charge >= 0.3 is 5.97 Å². The molecule has 0 saturated carbocycles. The van der Waals surface area contributed by atoms with E-state index in [9.17, 15) is 9.90 Å². The van der Waals surface area contributed by atoms with Gasteiger partial charge in [0.05, 0.1) is 19.8 Å². The van der Waals surface area contributed by atoms with Crippen LogP contribution in [0, 0.1) is 0 Å². The van der Waals surface area contributed by atoms with Gasteiger partial charge in [-0.3, -0.25) is 4.79 Å². The Morgan fingerprint density at radius 1 is 1.22 bits per heavy atom. The number of rotatable bonds is 3. The Labute approximate surface area is 134 Å². The first kappa shape index (κ1) is 15.4. The quantitative estimate of drug-likeness (QED) is 0.697. The molecule has 0 fully saturated rings. The van der Waals surface area contributed by atoms with Crippen molar-refractivity contribution in [2.24, 2.45) is 0 Å². The van der Waals surface area contributed by atoms with Gasteiger partial charge in [0.2, 0.25) is 0 Å². The average molecular weight is 314 g/mol. The summed E-state index contributed by atoms with van der Waals surface area (Å²) in [5, 5.41) is 10.7. The summed E-state index contributed by atoms with van der Waals surface area (Å²) in [7, 11) is 1.61. The van der Waals surface area contributed by atoms with Crippen LogP contribution in [-0.4, -0.2) is 24.8 Å². The molecule has 0 aliphatic carbocycles. The highest BCUT2D eigenvalue weighted by atomic mass is 16.5. The van der Waals surface area contributed by atoms with Gasteiger partial charge in [0, 0.05) is 24.5 Å². The normalized spacial score (nSPS) is 19.4. The van der Waals surface area contributed by atoms with Crippen LogP contribution in [0.2, 0.25) is 0 Å². The standard InChI is InChI=1S/C18H18O5/c1-11(19)23-14-6-7-15-17(9-14)22-10-16(18(15)20)12-4-3-5-13(8-12)21-2/h3-9,16,18,20H,10H2,1-2H3/t16-,18-/m1/s1. The zero-order valence-corrected chi connectivity index (χ0v) is 13.0. The van der Waals surface area contributed by atoms with Crippen molar-refractivity contribution in [3.8, 4) is 17.2 Å². The van der Waals surface area contributed by atoms with Crippen LogP contribution < -0.4 is 14.2 Å². The molecule has 0 amide bonds. The Morgan fingerprint density at radius 3 is 2.78 bits per heavy atom. The largest absolute Gasteiger partial charge is 0.497 e.